The van der Waals surface area contributed by atoms with Gasteiger partial charge in [0.25, 0.3) is 0 Å². The van der Waals surface area contributed by atoms with E-state index >= 15 is 0 Å². The number of aryl methyl sites for hydroxylation is 1. The van der Waals surface area contributed by atoms with Gasteiger partial charge in [0.15, 0.2) is 0 Å². The lowest BCUT2D eigenvalue weighted by Gasteiger charge is -2.10. The van der Waals surface area contributed by atoms with Gasteiger partial charge >= 0.3 is 0 Å². The van der Waals surface area contributed by atoms with Crippen LogP contribution in [0.1, 0.15) is 5.56 Å². The Balaban J connectivity index is 1.54. The molecule has 7 rings (SSSR count). The fraction of sp³-hybridized carbons (Fsp3) is 0.0333. The Morgan fingerprint density at radius 2 is 1.19 bits per heavy atom. The van der Waals surface area contributed by atoms with Crippen molar-refractivity contribution in [3.63, 3.8) is 0 Å². The van der Waals surface area contributed by atoms with Gasteiger partial charge < -0.3 is 4.40 Å². The van der Waals surface area contributed by atoms with Crippen molar-refractivity contribution in [3.05, 3.63) is 109 Å². The minimum absolute atomic E-state index is 1.20. The standard InChI is InChI=1S/C30H20N2/c1-19-16-21(20-12-14-31-15-13-20)10-11-23(19)22-17-26-24-6-2-4-8-28(24)32-29-9-5-3-7-25(29)27(18-22)30(26)32/h2-18H,1H3. The topological polar surface area (TPSA) is 17.3 Å². The van der Waals surface area contributed by atoms with Gasteiger partial charge in [0.1, 0.15) is 0 Å². The molecule has 0 aliphatic rings. The summed E-state index contributed by atoms with van der Waals surface area (Å²) < 4.78 is 2.43. The van der Waals surface area contributed by atoms with E-state index in [-0.39, 0.29) is 0 Å². The molecule has 7 aromatic rings. The Kier molecular flexibility index (Phi) is 3.51. The van der Waals surface area contributed by atoms with Gasteiger partial charge in [-0.05, 0) is 71.1 Å². The first-order valence-electron chi connectivity index (χ1n) is 11.0. The highest BCUT2D eigenvalue weighted by Gasteiger charge is 2.18. The van der Waals surface area contributed by atoms with E-state index in [2.05, 4.69) is 107 Å². The SMILES string of the molecule is Cc1cc(-c2ccncc2)ccc1-c1cc2c3ccccc3n3c4ccccc4c(c1)c23. The molecule has 0 bridgehead atoms. The van der Waals surface area contributed by atoms with Crippen molar-refractivity contribution in [3.8, 4) is 22.3 Å². The molecular weight excluding hydrogens is 388 g/mol. The molecule has 0 unspecified atom stereocenters. The van der Waals surface area contributed by atoms with Crippen LogP contribution in [0.2, 0.25) is 0 Å². The quantitative estimate of drug-likeness (QED) is 0.284. The van der Waals surface area contributed by atoms with Crippen molar-refractivity contribution in [1.82, 2.24) is 9.38 Å². The first-order chi connectivity index (χ1) is 15.8. The molecule has 0 saturated heterocycles. The van der Waals surface area contributed by atoms with Gasteiger partial charge in [-0.1, -0.05) is 54.6 Å². The molecule has 0 radical (unpaired) electrons. The van der Waals surface area contributed by atoms with Crippen LogP contribution in [-0.4, -0.2) is 9.38 Å². The number of aromatic nitrogens is 2. The number of nitrogens with zero attached hydrogens (tertiary/aromatic N) is 2. The van der Waals surface area contributed by atoms with E-state index in [4.69, 9.17) is 0 Å². The summed E-state index contributed by atoms with van der Waals surface area (Å²) >= 11 is 0. The number of para-hydroxylation sites is 2. The third-order valence-corrected chi connectivity index (χ3v) is 6.75. The molecular formula is C30H20N2. The van der Waals surface area contributed by atoms with Gasteiger partial charge in [-0.25, -0.2) is 0 Å². The van der Waals surface area contributed by atoms with Crippen LogP contribution >= 0.6 is 0 Å². The second-order valence-corrected chi connectivity index (χ2v) is 8.56. The maximum absolute atomic E-state index is 4.15. The zero-order valence-electron chi connectivity index (χ0n) is 17.7. The molecule has 4 aromatic carbocycles. The van der Waals surface area contributed by atoms with Crippen LogP contribution in [0.15, 0.2) is 103 Å². The van der Waals surface area contributed by atoms with Crippen molar-refractivity contribution in [2.75, 3.05) is 0 Å². The monoisotopic (exact) mass is 408 g/mol. The number of benzene rings is 4. The summed E-state index contributed by atoms with van der Waals surface area (Å²) in [6.07, 6.45) is 3.70. The minimum Gasteiger partial charge on any atom is -0.308 e. The molecule has 0 aliphatic heterocycles. The minimum atomic E-state index is 1.20. The highest BCUT2D eigenvalue weighted by molar-refractivity contribution is 6.24. The van der Waals surface area contributed by atoms with E-state index in [0.29, 0.717) is 0 Å². The highest BCUT2D eigenvalue weighted by atomic mass is 14.9. The van der Waals surface area contributed by atoms with E-state index in [9.17, 15) is 0 Å². The van der Waals surface area contributed by atoms with E-state index < -0.39 is 0 Å². The van der Waals surface area contributed by atoms with Crippen LogP contribution < -0.4 is 0 Å². The van der Waals surface area contributed by atoms with E-state index in [1.807, 2.05) is 12.4 Å². The van der Waals surface area contributed by atoms with Crippen LogP contribution in [0.4, 0.5) is 0 Å². The summed E-state index contributed by atoms with van der Waals surface area (Å²) in [6, 6.07) is 33.1. The molecule has 150 valence electrons. The molecule has 3 heterocycles. The average molecular weight is 409 g/mol. The molecule has 2 heteroatoms. The van der Waals surface area contributed by atoms with Crippen LogP contribution in [0.3, 0.4) is 0 Å². The molecule has 32 heavy (non-hydrogen) atoms. The van der Waals surface area contributed by atoms with Crippen molar-refractivity contribution >= 4 is 38.1 Å². The first kappa shape index (κ1) is 17.5. The number of rotatable bonds is 2. The lowest BCUT2D eigenvalue weighted by Crippen LogP contribution is -1.86. The zero-order valence-corrected chi connectivity index (χ0v) is 17.7. The second kappa shape index (κ2) is 6.41. The largest absolute Gasteiger partial charge is 0.308 e. The predicted octanol–water partition coefficient (Wildman–Crippen LogP) is 7.87. The lowest BCUT2D eigenvalue weighted by atomic mass is 9.94. The lowest BCUT2D eigenvalue weighted by molar-refractivity contribution is 1.33. The van der Waals surface area contributed by atoms with Crippen molar-refractivity contribution in [1.29, 1.82) is 0 Å². The van der Waals surface area contributed by atoms with E-state index in [0.717, 1.165) is 0 Å². The van der Waals surface area contributed by atoms with Gasteiger partial charge in [0, 0.05) is 33.9 Å². The number of pyridine rings is 1. The van der Waals surface area contributed by atoms with E-state index in [1.54, 1.807) is 0 Å². The molecule has 0 atom stereocenters. The predicted molar refractivity (Wildman–Crippen MR) is 135 cm³/mol. The smallest absolute Gasteiger partial charge is 0.0620 e. The molecule has 3 aromatic heterocycles. The summed E-state index contributed by atoms with van der Waals surface area (Å²) in [5, 5.41) is 5.26. The molecule has 0 amide bonds. The normalized spacial score (nSPS) is 11.9. The molecule has 0 spiro atoms. The molecule has 0 saturated carbocycles. The maximum atomic E-state index is 4.15. The molecule has 0 aliphatic carbocycles. The van der Waals surface area contributed by atoms with Gasteiger partial charge in [-0.3, -0.25) is 4.98 Å². The Morgan fingerprint density at radius 1 is 0.562 bits per heavy atom. The van der Waals surface area contributed by atoms with Crippen molar-refractivity contribution < 1.29 is 0 Å². The summed E-state index contributed by atoms with van der Waals surface area (Å²) in [4.78, 5) is 4.15. The van der Waals surface area contributed by atoms with Crippen LogP contribution in [0, 0.1) is 6.92 Å². The second-order valence-electron chi connectivity index (χ2n) is 8.56. The van der Waals surface area contributed by atoms with Crippen molar-refractivity contribution in [2.45, 2.75) is 6.92 Å². The van der Waals surface area contributed by atoms with Gasteiger partial charge in [0.2, 0.25) is 0 Å². The fourth-order valence-corrected chi connectivity index (χ4v) is 5.32. The Bertz CT molecular complexity index is 1690. The Labute approximate surface area is 185 Å². The van der Waals surface area contributed by atoms with Crippen LogP contribution in [0.25, 0.3) is 60.3 Å². The molecule has 0 N–H and O–H groups in total. The Hall–Kier alpha value is -4.17. The van der Waals surface area contributed by atoms with Crippen LogP contribution in [0.5, 0.6) is 0 Å². The summed E-state index contributed by atoms with van der Waals surface area (Å²) in [5.41, 5.74) is 10.1. The summed E-state index contributed by atoms with van der Waals surface area (Å²) in [6.45, 7) is 2.21. The average Bonchev–Trinajstić information content (AvgIpc) is 3.36. The van der Waals surface area contributed by atoms with Gasteiger partial charge in [0.05, 0.1) is 16.6 Å². The summed E-state index contributed by atoms with van der Waals surface area (Å²) in [7, 11) is 0. The zero-order chi connectivity index (χ0) is 21.2. The Morgan fingerprint density at radius 3 is 1.81 bits per heavy atom. The van der Waals surface area contributed by atoms with Crippen LogP contribution in [-0.2, 0) is 0 Å². The van der Waals surface area contributed by atoms with Crippen molar-refractivity contribution in [2.24, 2.45) is 0 Å². The van der Waals surface area contributed by atoms with Gasteiger partial charge in [-0.2, -0.15) is 0 Å². The fourth-order valence-electron chi connectivity index (χ4n) is 5.32. The number of fused-ring (bicyclic) bond motifs is 6. The third kappa shape index (κ3) is 2.32. The molecule has 0 fully saturated rings. The first-order valence-corrected chi connectivity index (χ1v) is 11.0. The van der Waals surface area contributed by atoms with E-state index in [1.165, 1.54) is 65.9 Å². The summed E-state index contributed by atoms with van der Waals surface area (Å²) in [5.74, 6) is 0. The number of hydrogen-bond acceptors (Lipinski definition) is 1. The number of hydrogen-bond donors (Lipinski definition) is 0. The third-order valence-electron chi connectivity index (χ3n) is 6.75. The highest BCUT2D eigenvalue weighted by Crippen LogP contribution is 2.42. The molecule has 2 nitrogen and oxygen atoms in total. The van der Waals surface area contributed by atoms with Gasteiger partial charge in [-0.15, -0.1) is 0 Å². The maximum Gasteiger partial charge on any atom is 0.0620 e.